The van der Waals surface area contributed by atoms with Crippen molar-refractivity contribution >= 4 is 21.9 Å². The van der Waals surface area contributed by atoms with Crippen molar-refractivity contribution < 1.29 is 8.83 Å². The quantitative estimate of drug-likeness (QED) is 0.534. The third-order valence-corrected chi connectivity index (χ3v) is 2.18. The predicted molar refractivity (Wildman–Crippen MR) is 49.7 cm³/mol. The molecule has 4 nitrogen and oxygen atoms in total. The predicted octanol–water partition coefficient (Wildman–Crippen LogP) is 1.34. The molecule has 0 aliphatic carbocycles. The van der Waals surface area contributed by atoms with Crippen molar-refractivity contribution in [2.75, 3.05) is 0 Å². The van der Waals surface area contributed by atoms with E-state index in [1.807, 2.05) is 0 Å². The van der Waals surface area contributed by atoms with Crippen molar-refractivity contribution in [3.05, 3.63) is 45.1 Å². The lowest BCUT2D eigenvalue weighted by Gasteiger charge is -1.81. The minimum absolute atomic E-state index is 0.107. The van der Waals surface area contributed by atoms with Crippen LogP contribution >= 0.6 is 0 Å². The van der Waals surface area contributed by atoms with Gasteiger partial charge in [0.05, 0.1) is 0 Å². The molecule has 1 aromatic carbocycles. The molecule has 0 atom stereocenters. The molecule has 0 unspecified atom stereocenters. The summed E-state index contributed by atoms with van der Waals surface area (Å²) < 4.78 is 9.58. The van der Waals surface area contributed by atoms with Crippen molar-refractivity contribution in [1.29, 1.82) is 0 Å². The molecule has 14 heavy (non-hydrogen) atoms. The van der Waals surface area contributed by atoms with Crippen LogP contribution in [0.1, 0.15) is 0 Å². The van der Waals surface area contributed by atoms with E-state index in [0.29, 0.717) is 10.8 Å². The Balaban J connectivity index is 2.86. The van der Waals surface area contributed by atoms with E-state index >= 15 is 0 Å². The van der Waals surface area contributed by atoms with Crippen molar-refractivity contribution in [2.24, 2.45) is 0 Å². The van der Waals surface area contributed by atoms with Gasteiger partial charge in [0.2, 0.25) is 11.2 Å². The number of fused-ring (bicyclic) bond motifs is 5. The highest BCUT2D eigenvalue weighted by atomic mass is 16.5. The van der Waals surface area contributed by atoms with E-state index in [-0.39, 0.29) is 11.2 Å². The second kappa shape index (κ2) is 2.23. The first-order chi connectivity index (χ1) is 6.77. The molecular weight excluding hydrogens is 184 g/mol. The van der Waals surface area contributed by atoms with Crippen molar-refractivity contribution in [3.63, 3.8) is 0 Å². The molecule has 0 saturated heterocycles. The monoisotopic (exact) mass is 188 g/mol. The summed E-state index contributed by atoms with van der Waals surface area (Å²) in [6.45, 7) is 0. The maximum atomic E-state index is 11.2. The molecule has 0 aliphatic heterocycles. The molecule has 4 heteroatoms. The topological polar surface area (TPSA) is 60.4 Å². The second-order valence-electron chi connectivity index (χ2n) is 2.98. The number of hydrogen-bond donors (Lipinski definition) is 0. The van der Waals surface area contributed by atoms with Crippen LogP contribution in [-0.4, -0.2) is 0 Å². The molecule has 0 radical (unpaired) electrons. The first kappa shape index (κ1) is 7.32. The zero-order valence-electron chi connectivity index (χ0n) is 6.94. The van der Waals surface area contributed by atoms with Gasteiger partial charge < -0.3 is 8.83 Å². The molecule has 0 saturated carbocycles. The Morgan fingerprint density at radius 1 is 0.786 bits per heavy atom. The summed E-state index contributed by atoms with van der Waals surface area (Å²) in [5, 5.41) is 1.25. The van der Waals surface area contributed by atoms with E-state index in [9.17, 15) is 9.59 Å². The highest BCUT2D eigenvalue weighted by Gasteiger charge is 2.15. The molecule has 0 fully saturated rings. The van der Waals surface area contributed by atoms with Gasteiger partial charge in [-0.25, -0.2) is 9.59 Å². The molecule has 3 aromatic rings. The van der Waals surface area contributed by atoms with Gasteiger partial charge in [-0.1, -0.05) is 24.3 Å². The maximum absolute atomic E-state index is 11.2. The van der Waals surface area contributed by atoms with Crippen LogP contribution in [0.25, 0.3) is 21.9 Å². The summed E-state index contributed by atoms with van der Waals surface area (Å²) in [6, 6.07) is 6.98. The van der Waals surface area contributed by atoms with Crippen LogP contribution in [0.4, 0.5) is 0 Å². The first-order valence-corrected chi connectivity index (χ1v) is 4.05. The minimum atomic E-state index is -0.719. The summed E-state index contributed by atoms with van der Waals surface area (Å²) >= 11 is 0. The van der Waals surface area contributed by atoms with Gasteiger partial charge in [-0.15, -0.1) is 0 Å². The van der Waals surface area contributed by atoms with Crippen molar-refractivity contribution in [1.82, 2.24) is 0 Å². The normalized spacial score (nSPS) is 11.4. The van der Waals surface area contributed by atoms with Crippen LogP contribution in [0.5, 0.6) is 0 Å². The van der Waals surface area contributed by atoms with Crippen LogP contribution in [0.15, 0.2) is 42.7 Å². The van der Waals surface area contributed by atoms with E-state index < -0.39 is 11.3 Å². The number of hydrogen-bond acceptors (Lipinski definition) is 4. The fraction of sp³-hybridized carbons (Fsp3) is 0. The van der Waals surface area contributed by atoms with E-state index in [1.54, 1.807) is 24.3 Å². The third kappa shape index (κ3) is 0.724. The molecule has 0 aliphatic rings. The van der Waals surface area contributed by atoms with Gasteiger partial charge in [0.1, 0.15) is 0 Å². The Bertz CT molecular complexity index is 661. The van der Waals surface area contributed by atoms with Gasteiger partial charge in [-0.2, -0.15) is 0 Å². The van der Waals surface area contributed by atoms with Gasteiger partial charge >= 0.3 is 11.3 Å². The standard InChI is InChI=1S/C10H4O4/c11-9-7-5-3-1-2-4-6(5)8(13-7)10(12)14-9/h1-4H. The number of rotatable bonds is 0. The average Bonchev–Trinajstić information content (AvgIpc) is 2.52. The van der Waals surface area contributed by atoms with Crippen LogP contribution in [0, 0.1) is 0 Å². The molecule has 0 spiro atoms. The largest absolute Gasteiger partial charge is 0.441 e. The number of benzene rings is 1. The summed E-state index contributed by atoms with van der Waals surface area (Å²) in [4.78, 5) is 22.4. The van der Waals surface area contributed by atoms with E-state index in [0.717, 1.165) is 0 Å². The van der Waals surface area contributed by atoms with Gasteiger partial charge in [-0.05, 0) is 0 Å². The van der Waals surface area contributed by atoms with Crippen LogP contribution in [0.3, 0.4) is 0 Å². The molecule has 2 bridgehead atoms. The van der Waals surface area contributed by atoms with Crippen LogP contribution < -0.4 is 11.3 Å². The highest BCUT2D eigenvalue weighted by molar-refractivity contribution is 6.04. The van der Waals surface area contributed by atoms with Crippen molar-refractivity contribution in [3.8, 4) is 0 Å². The van der Waals surface area contributed by atoms with Gasteiger partial charge in [-0.3, -0.25) is 0 Å². The van der Waals surface area contributed by atoms with E-state index in [4.69, 9.17) is 4.42 Å². The Morgan fingerprint density at radius 2 is 1.29 bits per heavy atom. The van der Waals surface area contributed by atoms with Gasteiger partial charge in [0.25, 0.3) is 0 Å². The smallest absolute Gasteiger partial charge is 0.382 e. The maximum Gasteiger partial charge on any atom is 0.382 e. The molecular formula is C10H4O4. The zero-order valence-corrected chi connectivity index (χ0v) is 6.94. The fourth-order valence-electron chi connectivity index (χ4n) is 1.57. The van der Waals surface area contributed by atoms with E-state index in [2.05, 4.69) is 4.42 Å². The van der Waals surface area contributed by atoms with Gasteiger partial charge in [0.15, 0.2) is 0 Å². The first-order valence-electron chi connectivity index (χ1n) is 4.05. The molecule has 2 heterocycles. The van der Waals surface area contributed by atoms with E-state index in [1.165, 1.54) is 0 Å². The average molecular weight is 188 g/mol. The zero-order chi connectivity index (χ0) is 9.71. The Hall–Kier alpha value is -2.10. The summed E-state index contributed by atoms with van der Waals surface area (Å²) in [6.07, 6.45) is 0. The number of furan rings is 1. The lowest BCUT2D eigenvalue weighted by Crippen LogP contribution is -2.07. The van der Waals surface area contributed by atoms with Crippen molar-refractivity contribution in [2.45, 2.75) is 0 Å². The molecule has 2 aromatic heterocycles. The molecule has 3 rings (SSSR count). The Labute approximate surface area is 76.7 Å². The fourth-order valence-corrected chi connectivity index (χ4v) is 1.57. The lowest BCUT2D eigenvalue weighted by molar-refractivity contribution is 0.446. The Morgan fingerprint density at radius 3 is 1.79 bits per heavy atom. The summed E-state index contributed by atoms with van der Waals surface area (Å²) in [5.74, 6) is 0. The van der Waals surface area contributed by atoms with Crippen LogP contribution in [0.2, 0.25) is 0 Å². The lowest BCUT2D eigenvalue weighted by atomic mass is 10.2. The minimum Gasteiger partial charge on any atom is -0.441 e. The highest BCUT2D eigenvalue weighted by Crippen LogP contribution is 2.23. The summed E-state index contributed by atoms with van der Waals surface area (Å²) in [5.41, 5.74) is -1.22. The Kier molecular flexibility index (Phi) is 1.16. The third-order valence-electron chi connectivity index (χ3n) is 2.18. The summed E-state index contributed by atoms with van der Waals surface area (Å²) in [7, 11) is 0. The SMILES string of the molecule is O=c1oc(=O)c2oc1c1ccccc21. The van der Waals surface area contributed by atoms with Crippen LogP contribution in [-0.2, 0) is 0 Å². The van der Waals surface area contributed by atoms with Gasteiger partial charge in [0, 0.05) is 10.8 Å². The second-order valence-corrected chi connectivity index (χ2v) is 2.98. The molecule has 0 N–H and O–H groups in total. The molecule has 0 amide bonds. The molecule has 68 valence electrons.